The van der Waals surface area contributed by atoms with Gasteiger partial charge in [-0.05, 0) is 25.5 Å². The van der Waals surface area contributed by atoms with E-state index < -0.39 is 36.0 Å². The number of nitrogens with zero attached hydrogens (tertiary/aromatic N) is 1. The fourth-order valence-corrected chi connectivity index (χ4v) is 5.27. The smallest absolute Gasteiger partial charge is 0.320 e. The summed E-state index contributed by atoms with van der Waals surface area (Å²) in [6, 6.07) is -0.891. The second kappa shape index (κ2) is 8.47. The molecular weight excluding hydrogens is 374 g/mol. The van der Waals surface area contributed by atoms with Crippen molar-refractivity contribution in [3.63, 3.8) is 0 Å². The van der Waals surface area contributed by atoms with Crippen LogP contribution in [0, 0.1) is 5.92 Å². The summed E-state index contributed by atoms with van der Waals surface area (Å²) in [5, 5.41) is 36.9. The van der Waals surface area contributed by atoms with Crippen molar-refractivity contribution >= 4 is 17.7 Å². The van der Waals surface area contributed by atoms with Gasteiger partial charge in [-0.1, -0.05) is 0 Å². The van der Waals surface area contributed by atoms with Crippen molar-refractivity contribution in [3.05, 3.63) is 0 Å². The quantitative estimate of drug-likeness (QED) is 0.223. The van der Waals surface area contributed by atoms with Crippen molar-refractivity contribution in [1.82, 2.24) is 15.5 Å². The second-order valence-corrected chi connectivity index (χ2v) is 8.89. The molecule has 0 bridgehead atoms. The third kappa shape index (κ3) is 4.26. The first-order valence-corrected chi connectivity index (χ1v) is 10.5. The lowest BCUT2D eigenvalue weighted by atomic mass is 9.95. The van der Waals surface area contributed by atoms with Crippen LogP contribution in [0.4, 0.5) is 0 Å². The number of carboxylic acids is 1. The van der Waals surface area contributed by atoms with Gasteiger partial charge in [0.1, 0.15) is 24.0 Å². The molecule has 8 atom stereocenters. The van der Waals surface area contributed by atoms with Crippen molar-refractivity contribution in [2.75, 3.05) is 24.7 Å². The molecule has 3 rings (SSSR count). The summed E-state index contributed by atoms with van der Waals surface area (Å²) in [5.74, 6) is 0.182. The molecule has 3 aliphatic heterocycles. The first-order chi connectivity index (χ1) is 12.7. The Hall–Kier alpha value is -0.500. The van der Waals surface area contributed by atoms with Gasteiger partial charge in [0.15, 0.2) is 0 Å². The number of carboxylic acid groups (broad SMARTS) is 1. The first kappa shape index (κ1) is 21.2. The zero-order chi connectivity index (χ0) is 19.8. The van der Waals surface area contributed by atoms with Crippen LogP contribution in [0.3, 0.4) is 0 Å². The zero-order valence-corrected chi connectivity index (χ0v) is 16.3. The lowest BCUT2D eigenvalue weighted by molar-refractivity contribution is -0.138. The molecule has 10 nitrogen and oxygen atoms in total. The van der Waals surface area contributed by atoms with E-state index in [2.05, 4.69) is 15.5 Å². The van der Waals surface area contributed by atoms with Gasteiger partial charge in [-0.2, -0.15) is 11.8 Å². The Bertz CT molecular complexity index is 541. The van der Waals surface area contributed by atoms with Gasteiger partial charge < -0.3 is 31.5 Å². The number of fused-ring (bicyclic) bond motifs is 1. The van der Waals surface area contributed by atoms with E-state index in [0.717, 1.165) is 13.0 Å². The molecule has 0 amide bonds. The van der Waals surface area contributed by atoms with E-state index >= 15 is 0 Å². The van der Waals surface area contributed by atoms with E-state index in [9.17, 15) is 15.0 Å². The average Bonchev–Trinajstić information content (AvgIpc) is 3.13. The first-order valence-electron chi connectivity index (χ1n) is 9.33. The van der Waals surface area contributed by atoms with Gasteiger partial charge >= 0.3 is 5.97 Å². The highest BCUT2D eigenvalue weighted by molar-refractivity contribution is 7.99. The minimum Gasteiger partial charge on any atom is -0.480 e. The predicted molar refractivity (Wildman–Crippen MR) is 101 cm³/mol. The largest absolute Gasteiger partial charge is 0.480 e. The molecule has 0 spiro atoms. The second-order valence-electron chi connectivity index (χ2n) is 7.74. The highest BCUT2D eigenvalue weighted by Gasteiger charge is 2.56. The zero-order valence-electron chi connectivity index (χ0n) is 15.5. The third-order valence-corrected chi connectivity index (χ3v) is 6.97. The average molecular weight is 406 g/mol. The Kier molecular flexibility index (Phi) is 6.66. The van der Waals surface area contributed by atoms with Crippen LogP contribution in [-0.4, -0.2) is 93.3 Å². The molecule has 3 unspecified atom stereocenters. The number of nitrogens with two attached hydrogens (primary N) is 2. The van der Waals surface area contributed by atoms with Gasteiger partial charge in [-0.15, -0.1) is 0 Å². The number of likely N-dealkylation sites (tertiary alicyclic amines) is 1. The Morgan fingerprint density at radius 3 is 2.93 bits per heavy atom. The highest BCUT2D eigenvalue weighted by atomic mass is 32.2. The number of thioether (sulfide) groups is 1. The molecule has 0 aromatic carbocycles. The molecule has 27 heavy (non-hydrogen) atoms. The number of hydrogen-bond donors (Lipinski definition) is 7. The van der Waals surface area contributed by atoms with Crippen LogP contribution in [-0.2, 0) is 9.53 Å². The third-order valence-electron chi connectivity index (χ3n) is 5.90. The lowest BCUT2D eigenvalue weighted by Gasteiger charge is -2.39. The molecule has 0 saturated carbocycles. The number of hydrogen-bond acceptors (Lipinski definition) is 10. The van der Waals surface area contributed by atoms with E-state index in [1.165, 1.54) is 11.8 Å². The van der Waals surface area contributed by atoms with Crippen molar-refractivity contribution in [2.24, 2.45) is 17.4 Å². The lowest BCUT2D eigenvalue weighted by Crippen LogP contribution is -2.64. The summed E-state index contributed by atoms with van der Waals surface area (Å²) >= 11 is 1.46. The van der Waals surface area contributed by atoms with Gasteiger partial charge in [0.25, 0.3) is 0 Å². The number of aliphatic hydroxyl groups is 2. The van der Waals surface area contributed by atoms with Crippen LogP contribution in [0.2, 0.25) is 0 Å². The normalized spacial score (nSPS) is 43.6. The van der Waals surface area contributed by atoms with E-state index in [0.29, 0.717) is 24.6 Å². The molecule has 3 fully saturated rings. The molecule has 0 aromatic heterocycles. The minimum atomic E-state index is -1.39. The monoisotopic (exact) mass is 405 g/mol. The molecule has 3 heterocycles. The SMILES string of the molecule is C[C@@]1(O)[C@@H](CSCC[C@H](N)C(=O)O)O[C@@H](N2CCC3C(N)NCNC32)[C@@H]1O. The maximum Gasteiger partial charge on any atom is 0.320 e. The van der Waals surface area contributed by atoms with Crippen molar-refractivity contribution in [2.45, 2.75) is 62.2 Å². The number of rotatable bonds is 7. The molecular formula is C16H31N5O5S. The molecule has 3 aliphatic rings. The van der Waals surface area contributed by atoms with Gasteiger partial charge in [0.2, 0.25) is 0 Å². The minimum absolute atomic E-state index is 0.00309. The van der Waals surface area contributed by atoms with Gasteiger partial charge in [-0.3, -0.25) is 20.3 Å². The Balaban J connectivity index is 1.57. The fourth-order valence-electron chi connectivity index (χ4n) is 4.06. The molecule has 9 N–H and O–H groups in total. The molecule has 11 heteroatoms. The number of ether oxygens (including phenoxy) is 1. The Morgan fingerprint density at radius 2 is 2.22 bits per heavy atom. The number of aliphatic carboxylic acids is 1. The van der Waals surface area contributed by atoms with Crippen LogP contribution in [0.1, 0.15) is 19.8 Å². The number of carbonyl (C=O) groups is 1. The number of nitrogens with one attached hydrogen (secondary N) is 2. The maximum absolute atomic E-state index is 10.8. The van der Waals surface area contributed by atoms with Crippen LogP contribution >= 0.6 is 11.8 Å². The number of aliphatic hydroxyl groups excluding tert-OH is 1. The molecule has 156 valence electrons. The van der Waals surface area contributed by atoms with E-state index in [1.807, 2.05) is 0 Å². The van der Waals surface area contributed by atoms with Gasteiger partial charge in [0.05, 0.1) is 18.4 Å². The standard InChI is InChI=1S/C16H31N5O5S/c1-16(25)10(6-27-5-3-9(17)15(23)24)26-14(11(16)22)21-4-2-8-12(18)19-7-20-13(8)21/h8-14,19-20,22,25H,2-7,17-18H2,1H3,(H,23,24)/t8?,9-,10+,11-,12?,13?,14+,16+/m0/s1. The van der Waals surface area contributed by atoms with E-state index in [-0.39, 0.29) is 18.2 Å². The van der Waals surface area contributed by atoms with Crippen LogP contribution in [0.25, 0.3) is 0 Å². The summed E-state index contributed by atoms with van der Waals surface area (Å²) in [6.07, 6.45) is -1.10. The summed E-state index contributed by atoms with van der Waals surface area (Å²) in [5.41, 5.74) is 10.2. The summed E-state index contributed by atoms with van der Waals surface area (Å²) < 4.78 is 6.07. The maximum atomic E-state index is 10.8. The van der Waals surface area contributed by atoms with Crippen molar-refractivity contribution < 1.29 is 24.9 Å². The van der Waals surface area contributed by atoms with E-state index in [4.69, 9.17) is 21.3 Å². The molecule has 0 aliphatic carbocycles. The summed E-state index contributed by atoms with van der Waals surface area (Å²) in [7, 11) is 0. The van der Waals surface area contributed by atoms with Crippen molar-refractivity contribution in [3.8, 4) is 0 Å². The Morgan fingerprint density at radius 1 is 1.48 bits per heavy atom. The van der Waals surface area contributed by atoms with Crippen molar-refractivity contribution in [1.29, 1.82) is 0 Å². The molecule has 0 aromatic rings. The van der Waals surface area contributed by atoms with Gasteiger partial charge in [0, 0.05) is 24.9 Å². The van der Waals surface area contributed by atoms with Crippen LogP contribution in [0.15, 0.2) is 0 Å². The fraction of sp³-hybridized carbons (Fsp3) is 0.938. The Labute approximate surface area is 163 Å². The summed E-state index contributed by atoms with van der Waals surface area (Å²) in [4.78, 5) is 12.8. The summed E-state index contributed by atoms with van der Waals surface area (Å²) in [6.45, 7) is 2.89. The topological polar surface area (TPSA) is 166 Å². The van der Waals surface area contributed by atoms with E-state index in [1.54, 1.807) is 6.92 Å². The molecule has 3 saturated heterocycles. The van der Waals surface area contributed by atoms with Crippen LogP contribution in [0.5, 0.6) is 0 Å². The molecule has 0 radical (unpaired) electrons. The van der Waals surface area contributed by atoms with Gasteiger partial charge in [-0.25, -0.2) is 0 Å². The predicted octanol–water partition coefficient (Wildman–Crippen LogP) is -2.56. The highest BCUT2D eigenvalue weighted by Crippen LogP contribution is 2.38. The van der Waals surface area contributed by atoms with Crippen LogP contribution < -0.4 is 22.1 Å².